The lowest BCUT2D eigenvalue weighted by atomic mass is 10.4. The Hall–Kier alpha value is -1.81. The maximum Gasteiger partial charge on any atom is 0.207 e. The summed E-state index contributed by atoms with van der Waals surface area (Å²) in [5.74, 6) is 0.407. The molecule has 0 aliphatic carbocycles. The van der Waals surface area contributed by atoms with Gasteiger partial charge in [0, 0.05) is 7.05 Å². The molecule has 0 N–H and O–H groups in total. The molecule has 4 heteroatoms. The van der Waals surface area contributed by atoms with Gasteiger partial charge in [-0.25, -0.2) is 0 Å². The number of rotatable bonds is 2. The summed E-state index contributed by atoms with van der Waals surface area (Å²) < 4.78 is 0. The number of nitrogens with zero attached hydrogens (tertiary/aromatic N) is 4. The average molecular weight is 148 g/mol. The minimum atomic E-state index is 0.121. The predicted molar refractivity (Wildman–Crippen MR) is 41.2 cm³/mol. The zero-order chi connectivity index (χ0) is 8.69. The fourth-order valence-electron chi connectivity index (χ4n) is 0.477. The molecule has 56 valence electrons. The number of hydrogen-bond donors (Lipinski definition) is 0. The molecular formula is C7H8N4. The van der Waals surface area contributed by atoms with Crippen LogP contribution in [0.2, 0.25) is 0 Å². The van der Waals surface area contributed by atoms with Gasteiger partial charge in [0.15, 0.2) is 0 Å². The van der Waals surface area contributed by atoms with Crippen LogP contribution in [0.25, 0.3) is 0 Å². The Bertz CT molecular complexity index is 240. The Kier molecular flexibility index (Phi) is 4.19. The summed E-state index contributed by atoms with van der Waals surface area (Å²) in [6.07, 6.45) is 3.23. The summed E-state index contributed by atoms with van der Waals surface area (Å²) in [4.78, 5) is 4.97. The van der Waals surface area contributed by atoms with E-state index in [0.717, 1.165) is 0 Å². The van der Waals surface area contributed by atoms with E-state index in [9.17, 15) is 0 Å². The highest BCUT2D eigenvalue weighted by atomic mass is 15.1. The minimum absolute atomic E-state index is 0.121. The van der Waals surface area contributed by atoms with Crippen molar-refractivity contribution in [3.05, 3.63) is 12.8 Å². The Morgan fingerprint density at radius 3 is 2.73 bits per heavy atom. The van der Waals surface area contributed by atoms with Crippen LogP contribution in [-0.2, 0) is 0 Å². The monoisotopic (exact) mass is 148 g/mol. The molecule has 11 heavy (non-hydrogen) atoms. The third kappa shape index (κ3) is 3.02. The zero-order valence-corrected chi connectivity index (χ0v) is 6.28. The summed E-state index contributed by atoms with van der Waals surface area (Å²) in [6.45, 7) is 3.47. The van der Waals surface area contributed by atoms with Crippen LogP contribution in [0, 0.1) is 22.8 Å². The van der Waals surface area contributed by atoms with Gasteiger partial charge in [0.05, 0.1) is 12.5 Å². The fourth-order valence-corrected chi connectivity index (χ4v) is 0.477. The van der Waals surface area contributed by atoms with Crippen LogP contribution in [0.15, 0.2) is 17.8 Å². The molecule has 0 fully saturated rings. The van der Waals surface area contributed by atoms with Gasteiger partial charge in [-0.15, -0.1) is 0 Å². The van der Waals surface area contributed by atoms with E-state index in [2.05, 4.69) is 11.6 Å². The smallest absolute Gasteiger partial charge is 0.207 e. The number of hydrogen-bond acceptors (Lipinski definition) is 3. The largest absolute Gasteiger partial charge is 0.339 e. The molecule has 0 aromatic heterocycles. The first-order chi connectivity index (χ1) is 5.26. The molecule has 0 aromatic carbocycles. The van der Waals surface area contributed by atoms with Gasteiger partial charge in [-0.05, 0) is 6.20 Å². The molecular weight excluding hydrogens is 140 g/mol. The summed E-state index contributed by atoms with van der Waals surface area (Å²) >= 11 is 0. The molecule has 0 radical (unpaired) electrons. The van der Waals surface area contributed by atoms with Crippen LogP contribution in [0.5, 0.6) is 0 Å². The first kappa shape index (κ1) is 9.19. The average Bonchev–Trinajstić information content (AvgIpc) is 2.03. The maximum absolute atomic E-state index is 8.31. The molecule has 0 saturated heterocycles. The lowest BCUT2D eigenvalue weighted by molar-refractivity contribution is 0.679. The van der Waals surface area contributed by atoms with Crippen molar-refractivity contribution in [1.82, 2.24) is 4.90 Å². The summed E-state index contributed by atoms with van der Waals surface area (Å²) in [5, 5.41) is 16.5. The van der Waals surface area contributed by atoms with E-state index in [4.69, 9.17) is 10.5 Å². The van der Waals surface area contributed by atoms with Crippen LogP contribution >= 0.6 is 0 Å². The second kappa shape index (κ2) is 5.01. The van der Waals surface area contributed by atoms with Crippen molar-refractivity contribution in [2.45, 2.75) is 6.42 Å². The van der Waals surface area contributed by atoms with Crippen molar-refractivity contribution in [2.24, 2.45) is 4.99 Å². The van der Waals surface area contributed by atoms with E-state index in [0.29, 0.717) is 5.84 Å². The van der Waals surface area contributed by atoms with E-state index < -0.39 is 0 Å². The van der Waals surface area contributed by atoms with Gasteiger partial charge in [0.2, 0.25) is 6.19 Å². The van der Waals surface area contributed by atoms with Gasteiger partial charge >= 0.3 is 0 Å². The van der Waals surface area contributed by atoms with Crippen molar-refractivity contribution < 1.29 is 0 Å². The highest BCUT2D eigenvalue weighted by Crippen LogP contribution is 1.92. The molecule has 0 atom stereocenters. The molecule has 0 aliphatic rings. The van der Waals surface area contributed by atoms with Gasteiger partial charge in [0.1, 0.15) is 5.84 Å². The van der Waals surface area contributed by atoms with Crippen molar-refractivity contribution in [2.75, 3.05) is 7.05 Å². The van der Waals surface area contributed by atoms with E-state index in [1.54, 1.807) is 13.2 Å². The molecule has 0 unspecified atom stereocenters. The Morgan fingerprint density at radius 2 is 2.36 bits per heavy atom. The van der Waals surface area contributed by atoms with Crippen LogP contribution in [0.4, 0.5) is 0 Å². The van der Waals surface area contributed by atoms with E-state index in [-0.39, 0.29) is 6.42 Å². The Balaban J connectivity index is 4.38. The van der Waals surface area contributed by atoms with E-state index in [1.807, 2.05) is 6.07 Å². The van der Waals surface area contributed by atoms with Crippen molar-refractivity contribution in [1.29, 1.82) is 10.5 Å². The predicted octanol–water partition coefficient (Wildman–Crippen LogP) is 0.855. The molecule has 0 heterocycles. The summed E-state index contributed by atoms with van der Waals surface area (Å²) in [6, 6.07) is 1.90. The van der Waals surface area contributed by atoms with Gasteiger partial charge in [-0.1, -0.05) is 6.58 Å². The van der Waals surface area contributed by atoms with Crippen molar-refractivity contribution in [3.8, 4) is 12.3 Å². The van der Waals surface area contributed by atoms with Crippen LogP contribution < -0.4 is 0 Å². The molecule has 0 aromatic rings. The summed E-state index contributed by atoms with van der Waals surface area (Å²) in [5.41, 5.74) is 0. The maximum atomic E-state index is 8.31. The normalized spacial score (nSPS) is 9.55. The minimum Gasteiger partial charge on any atom is -0.339 e. The van der Waals surface area contributed by atoms with Gasteiger partial charge in [-0.3, -0.25) is 0 Å². The number of amidine groups is 1. The second-order valence-electron chi connectivity index (χ2n) is 1.76. The van der Waals surface area contributed by atoms with Gasteiger partial charge < -0.3 is 4.90 Å². The standard InChI is InChI=1S/C7H8N4/c1-3-11(2)7(4-5-8)10-6-9/h3H,1,4H2,2H3. The molecule has 0 rings (SSSR count). The highest BCUT2D eigenvalue weighted by molar-refractivity contribution is 5.85. The second-order valence-corrected chi connectivity index (χ2v) is 1.76. The molecule has 0 aliphatic heterocycles. The fraction of sp³-hybridized carbons (Fsp3) is 0.286. The molecule has 0 bridgehead atoms. The first-order valence-corrected chi connectivity index (χ1v) is 2.94. The third-order valence-electron chi connectivity index (χ3n) is 1.10. The van der Waals surface area contributed by atoms with Crippen LogP contribution in [0.3, 0.4) is 0 Å². The Labute approximate surface area is 65.7 Å². The van der Waals surface area contributed by atoms with Crippen LogP contribution in [-0.4, -0.2) is 17.8 Å². The molecule has 4 nitrogen and oxygen atoms in total. The molecule has 0 amide bonds. The Morgan fingerprint density at radius 1 is 1.73 bits per heavy atom. The zero-order valence-electron chi connectivity index (χ0n) is 6.28. The van der Waals surface area contributed by atoms with Crippen molar-refractivity contribution >= 4 is 5.84 Å². The molecule has 0 spiro atoms. The van der Waals surface area contributed by atoms with E-state index >= 15 is 0 Å². The SMILES string of the molecule is C=CN(C)C(CC#N)=NC#N. The summed E-state index contributed by atoms with van der Waals surface area (Å²) in [7, 11) is 1.68. The highest BCUT2D eigenvalue weighted by Gasteiger charge is 2.00. The third-order valence-corrected chi connectivity index (χ3v) is 1.10. The lowest BCUT2D eigenvalue weighted by Crippen LogP contribution is -2.19. The topological polar surface area (TPSA) is 63.2 Å². The van der Waals surface area contributed by atoms with E-state index in [1.165, 1.54) is 11.1 Å². The quantitative estimate of drug-likeness (QED) is 0.331. The van der Waals surface area contributed by atoms with Crippen molar-refractivity contribution in [3.63, 3.8) is 0 Å². The first-order valence-electron chi connectivity index (χ1n) is 2.94. The number of nitriles is 2. The van der Waals surface area contributed by atoms with Crippen LogP contribution in [0.1, 0.15) is 6.42 Å². The van der Waals surface area contributed by atoms with Gasteiger partial charge in [-0.2, -0.15) is 15.5 Å². The molecule has 0 saturated carbocycles. The number of aliphatic imine (C=N–C) groups is 1. The lowest BCUT2D eigenvalue weighted by Gasteiger charge is -2.11. The van der Waals surface area contributed by atoms with Gasteiger partial charge in [0.25, 0.3) is 0 Å².